The number of nitrogens with zero attached hydrogens (tertiary/aromatic N) is 2. The van der Waals surface area contributed by atoms with Crippen LogP contribution in [0.25, 0.3) is 11.0 Å². The molecular formula is C22H27N3O2. The van der Waals surface area contributed by atoms with Crippen LogP contribution in [0.3, 0.4) is 0 Å². The van der Waals surface area contributed by atoms with Gasteiger partial charge in [-0.1, -0.05) is 18.2 Å². The summed E-state index contributed by atoms with van der Waals surface area (Å²) in [6.45, 7) is 6.05. The van der Waals surface area contributed by atoms with Crippen molar-refractivity contribution >= 4 is 16.9 Å². The second-order valence-electron chi connectivity index (χ2n) is 7.88. The molecule has 0 atom stereocenters. The first-order chi connectivity index (χ1) is 12.7. The molecule has 0 bridgehead atoms. The maximum absolute atomic E-state index is 12.8. The van der Waals surface area contributed by atoms with Crippen molar-refractivity contribution in [2.45, 2.75) is 45.8 Å². The molecule has 5 nitrogen and oxygen atoms in total. The van der Waals surface area contributed by atoms with Crippen LogP contribution in [0, 0.1) is 6.92 Å². The Morgan fingerprint density at radius 1 is 1.22 bits per heavy atom. The van der Waals surface area contributed by atoms with E-state index in [9.17, 15) is 9.90 Å². The Labute approximate surface area is 160 Å². The normalized spacial score (nSPS) is 11.7. The lowest BCUT2D eigenvalue weighted by Crippen LogP contribution is -2.26. The molecule has 0 saturated heterocycles. The van der Waals surface area contributed by atoms with Gasteiger partial charge in [0.2, 0.25) is 0 Å². The summed E-state index contributed by atoms with van der Waals surface area (Å²) in [5.41, 5.74) is 4.05. The number of imidazole rings is 1. The molecule has 3 rings (SSSR count). The van der Waals surface area contributed by atoms with E-state index in [4.69, 9.17) is 0 Å². The smallest absolute Gasteiger partial charge is 0.254 e. The minimum Gasteiger partial charge on any atom is -0.390 e. The Hall–Kier alpha value is -2.66. The molecule has 3 aromatic rings. The molecule has 142 valence electrons. The predicted octanol–water partition coefficient (Wildman–Crippen LogP) is 3.85. The number of aliphatic hydroxyl groups is 1. The number of rotatable bonds is 6. The second kappa shape index (κ2) is 7.53. The van der Waals surface area contributed by atoms with Crippen molar-refractivity contribution in [1.29, 1.82) is 0 Å². The van der Waals surface area contributed by atoms with E-state index in [1.807, 2.05) is 43.3 Å². The molecule has 0 radical (unpaired) electrons. The van der Waals surface area contributed by atoms with Gasteiger partial charge in [0.05, 0.1) is 23.2 Å². The van der Waals surface area contributed by atoms with E-state index in [0.717, 1.165) is 28.8 Å². The van der Waals surface area contributed by atoms with Crippen molar-refractivity contribution in [2.75, 3.05) is 7.05 Å². The van der Waals surface area contributed by atoms with Crippen LogP contribution in [0.4, 0.5) is 0 Å². The third kappa shape index (κ3) is 4.95. The molecule has 27 heavy (non-hydrogen) atoms. The fourth-order valence-electron chi connectivity index (χ4n) is 3.08. The molecule has 5 heteroatoms. The minimum absolute atomic E-state index is 0.0447. The lowest BCUT2D eigenvalue weighted by atomic mass is 9.98. The number of amides is 1. The first kappa shape index (κ1) is 19.1. The number of hydrogen-bond donors (Lipinski definition) is 2. The van der Waals surface area contributed by atoms with E-state index in [0.29, 0.717) is 18.5 Å². The van der Waals surface area contributed by atoms with Crippen LogP contribution >= 0.6 is 0 Å². The van der Waals surface area contributed by atoms with Crippen LogP contribution in [-0.2, 0) is 13.0 Å². The molecule has 0 unspecified atom stereocenters. The summed E-state index contributed by atoms with van der Waals surface area (Å²) in [6.07, 6.45) is 1.39. The fourth-order valence-corrected chi connectivity index (χ4v) is 3.08. The topological polar surface area (TPSA) is 69.2 Å². The van der Waals surface area contributed by atoms with Crippen LogP contribution in [-0.4, -0.2) is 38.5 Å². The molecule has 1 heterocycles. The number of H-pyrrole nitrogens is 1. The monoisotopic (exact) mass is 365 g/mol. The highest BCUT2D eigenvalue weighted by atomic mass is 16.3. The maximum Gasteiger partial charge on any atom is 0.254 e. The Morgan fingerprint density at radius 2 is 2.00 bits per heavy atom. The number of carbonyl (C=O) groups is 1. The van der Waals surface area contributed by atoms with E-state index in [1.165, 1.54) is 5.56 Å². The molecule has 0 aliphatic heterocycles. The quantitative estimate of drug-likeness (QED) is 0.697. The molecular weight excluding hydrogens is 338 g/mol. The van der Waals surface area contributed by atoms with Gasteiger partial charge in [-0.15, -0.1) is 0 Å². The van der Waals surface area contributed by atoms with E-state index in [2.05, 4.69) is 16.0 Å². The van der Waals surface area contributed by atoms with Gasteiger partial charge >= 0.3 is 0 Å². The van der Waals surface area contributed by atoms with Gasteiger partial charge in [0, 0.05) is 12.6 Å². The minimum atomic E-state index is -0.712. The van der Waals surface area contributed by atoms with Gasteiger partial charge in [0.1, 0.15) is 5.82 Å². The number of carbonyl (C=O) groups excluding carboxylic acids is 1. The lowest BCUT2D eigenvalue weighted by Gasteiger charge is -2.18. The van der Waals surface area contributed by atoms with Gasteiger partial charge in [-0.25, -0.2) is 4.98 Å². The maximum atomic E-state index is 12.8. The van der Waals surface area contributed by atoms with E-state index < -0.39 is 5.60 Å². The largest absolute Gasteiger partial charge is 0.390 e. The van der Waals surface area contributed by atoms with Crippen LogP contribution in [0.1, 0.15) is 47.6 Å². The zero-order valence-electron chi connectivity index (χ0n) is 16.4. The number of nitrogens with one attached hydrogen (secondary N) is 1. The summed E-state index contributed by atoms with van der Waals surface area (Å²) >= 11 is 0. The second-order valence-corrected chi connectivity index (χ2v) is 7.88. The Bertz CT molecular complexity index is 954. The van der Waals surface area contributed by atoms with Crippen molar-refractivity contribution in [1.82, 2.24) is 14.9 Å². The highest BCUT2D eigenvalue weighted by Crippen LogP contribution is 2.17. The molecule has 2 N–H and O–H groups in total. The predicted molar refractivity (Wildman–Crippen MR) is 108 cm³/mol. The van der Waals surface area contributed by atoms with Crippen LogP contribution in [0.2, 0.25) is 0 Å². The van der Waals surface area contributed by atoms with Crippen molar-refractivity contribution in [3.05, 3.63) is 65.0 Å². The van der Waals surface area contributed by atoms with E-state index in [-0.39, 0.29) is 5.91 Å². The van der Waals surface area contributed by atoms with Crippen LogP contribution in [0.15, 0.2) is 42.5 Å². The SMILES string of the molecule is Cc1ccc2nc(CN(C)C(=O)c3cccc(CCC(C)(C)O)c3)[nH]c2c1. The summed E-state index contributed by atoms with van der Waals surface area (Å²) in [5, 5.41) is 9.90. The molecule has 2 aromatic carbocycles. The molecule has 1 aromatic heterocycles. The molecule has 0 aliphatic carbocycles. The number of hydrogen-bond acceptors (Lipinski definition) is 3. The number of benzene rings is 2. The van der Waals surface area contributed by atoms with Crippen LogP contribution < -0.4 is 0 Å². The average molecular weight is 365 g/mol. The number of aryl methyl sites for hydroxylation is 2. The summed E-state index contributed by atoms with van der Waals surface area (Å²) < 4.78 is 0. The highest BCUT2D eigenvalue weighted by molar-refractivity contribution is 5.94. The average Bonchev–Trinajstić information content (AvgIpc) is 3.00. The van der Waals surface area contributed by atoms with Crippen molar-refractivity contribution in [3.63, 3.8) is 0 Å². The zero-order valence-corrected chi connectivity index (χ0v) is 16.4. The van der Waals surface area contributed by atoms with Gasteiger partial charge < -0.3 is 15.0 Å². The Morgan fingerprint density at radius 3 is 2.74 bits per heavy atom. The van der Waals surface area contributed by atoms with Crippen molar-refractivity contribution in [2.24, 2.45) is 0 Å². The van der Waals surface area contributed by atoms with Crippen molar-refractivity contribution < 1.29 is 9.90 Å². The van der Waals surface area contributed by atoms with Gasteiger partial charge in [0.25, 0.3) is 5.91 Å². The van der Waals surface area contributed by atoms with Gasteiger partial charge in [0.15, 0.2) is 0 Å². The first-order valence-electron chi connectivity index (χ1n) is 9.23. The molecule has 0 spiro atoms. The van der Waals surface area contributed by atoms with Crippen molar-refractivity contribution in [3.8, 4) is 0 Å². The highest BCUT2D eigenvalue weighted by Gasteiger charge is 2.16. The van der Waals surface area contributed by atoms with Gasteiger partial charge in [-0.05, 0) is 69.0 Å². The summed E-state index contributed by atoms with van der Waals surface area (Å²) in [6, 6.07) is 13.7. The fraction of sp³-hybridized carbons (Fsp3) is 0.364. The zero-order chi connectivity index (χ0) is 19.6. The Balaban J connectivity index is 1.70. The van der Waals surface area contributed by atoms with Gasteiger partial charge in [-0.2, -0.15) is 0 Å². The third-order valence-electron chi connectivity index (χ3n) is 4.62. The first-order valence-corrected chi connectivity index (χ1v) is 9.23. The molecule has 0 saturated carbocycles. The summed E-state index contributed by atoms with van der Waals surface area (Å²) in [4.78, 5) is 22.3. The number of aromatic nitrogens is 2. The van der Waals surface area contributed by atoms with Crippen LogP contribution in [0.5, 0.6) is 0 Å². The third-order valence-corrected chi connectivity index (χ3v) is 4.62. The van der Waals surface area contributed by atoms with E-state index in [1.54, 1.807) is 25.8 Å². The lowest BCUT2D eigenvalue weighted by molar-refractivity contribution is 0.0714. The molecule has 0 fully saturated rings. The summed E-state index contributed by atoms with van der Waals surface area (Å²) in [5.74, 6) is 0.724. The standard InChI is InChI=1S/C22H27N3O2/c1-15-8-9-18-19(12-15)24-20(23-18)14-25(4)21(26)17-7-5-6-16(13-17)10-11-22(2,3)27/h5-9,12-13,27H,10-11,14H2,1-4H3,(H,23,24). The van der Waals surface area contributed by atoms with E-state index >= 15 is 0 Å². The molecule has 0 aliphatic rings. The number of fused-ring (bicyclic) bond motifs is 1. The Kier molecular flexibility index (Phi) is 5.33. The summed E-state index contributed by atoms with van der Waals surface area (Å²) in [7, 11) is 1.78. The van der Waals surface area contributed by atoms with Gasteiger partial charge in [-0.3, -0.25) is 4.79 Å². The molecule has 1 amide bonds. The number of aromatic amines is 1.